The Morgan fingerprint density at radius 3 is 2.53 bits per heavy atom. The molecule has 88 valence electrons. The molecule has 0 radical (unpaired) electrons. The van der Waals surface area contributed by atoms with Crippen LogP contribution in [0.15, 0.2) is 0 Å². The zero-order chi connectivity index (χ0) is 11.3. The van der Waals surface area contributed by atoms with Gasteiger partial charge < -0.3 is 0 Å². The van der Waals surface area contributed by atoms with E-state index in [1.165, 1.54) is 0 Å². The Hall–Kier alpha value is 0.870. The first-order valence-corrected chi connectivity index (χ1v) is 8.53. The Morgan fingerprint density at radius 1 is 1.47 bits per heavy atom. The third kappa shape index (κ3) is 2.96. The first-order chi connectivity index (χ1) is 6.80. The largest absolute Gasteiger partial charge is 0.298 e. The molecule has 0 aromatic heterocycles. The van der Waals surface area contributed by atoms with Crippen LogP contribution in [0, 0.1) is 5.92 Å². The molecule has 2 atom stereocenters. The second-order valence-corrected chi connectivity index (χ2v) is 10.7. The zero-order valence-electron chi connectivity index (χ0n) is 8.62. The smallest absolute Gasteiger partial charge is 0.153 e. The van der Waals surface area contributed by atoms with Crippen molar-refractivity contribution >= 4 is 41.7 Å². The Kier molecular flexibility index (Phi) is 3.26. The zero-order valence-corrected chi connectivity index (χ0v) is 12.6. The second kappa shape index (κ2) is 3.96. The molecule has 0 spiro atoms. The number of halogens is 2. The molecule has 2 rings (SSSR count). The summed E-state index contributed by atoms with van der Waals surface area (Å²) < 4.78 is 22.9. The minimum absolute atomic E-state index is 0.121. The highest BCUT2D eigenvalue weighted by atomic mass is 79.9. The van der Waals surface area contributed by atoms with Crippen LogP contribution in [0.3, 0.4) is 0 Å². The summed E-state index contributed by atoms with van der Waals surface area (Å²) in [4.78, 5) is 2.29. The maximum absolute atomic E-state index is 11.4. The molecule has 6 heteroatoms. The fourth-order valence-corrected chi connectivity index (χ4v) is 4.75. The molecule has 2 aliphatic rings. The van der Waals surface area contributed by atoms with Crippen LogP contribution in [0.4, 0.5) is 0 Å². The molecule has 1 heterocycles. The van der Waals surface area contributed by atoms with Crippen molar-refractivity contribution in [2.75, 3.05) is 24.6 Å². The molecule has 0 N–H and O–H groups in total. The maximum Gasteiger partial charge on any atom is 0.153 e. The summed E-state index contributed by atoms with van der Waals surface area (Å²) in [6.45, 7) is 3.69. The van der Waals surface area contributed by atoms with Crippen molar-refractivity contribution in [3.63, 3.8) is 0 Å². The van der Waals surface area contributed by atoms with E-state index >= 15 is 0 Å². The van der Waals surface area contributed by atoms with Crippen molar-refractivity contribution in [2.45, 2.75) is 22.6 Å². The van der Waals surface area contributed by atoms with Crippen LogP contribution in [0.5, 0.6) is 0 Å². The van der Waals surface area contributed by atoms with E-state index in [0.717, 1.165) is 13.0 Å². The van der Waals surface area contributed by atoms with Crippen molar-refractivity contribution in [3.05, 3.63) is 0 Å². The summed E-state index contributed by atoms with van der Waals surface area (Å²) in [6.07, 6.45) is 1.13. The molecule has 0 aromatic rings. The minimum Gasteiger partial charge on any atom is -0.298 e. The van der Waals surface area contributed by atoms with Gasteiger partial charge in [-0.3, -0.25) is 4.90 Å². The molecule has 1 aliphatic carbocycles. The summed E-state index contributed by atoms with van der Waals surface area (Å²) >= 11 is 7.19. The quantitative estimate of drug-likeness (QED) is 0.702. The summed E-state index contributed by atoms with van der Waals surface area (Å²) in [7, 11) is -2.77. The fourth-order valence-electron chi connectivity index (χ4n) is 2.05. The van der Waals surface area contributed by atoms with Crippen LogP contribution in [-0.4, -0.2) is 47.2 Å². The molecule has 1 unspecified atom stereocenters. The lowest BCUT2D eigenvalue weighted by Crippen LogP contribution is -2.47. The van der Waals surface area contributed by atoms with E-state index in [0.29, 0.717) is 24.0 Å². The van der Waals surface area contributed by atoms with E-state index in [2.05, 4.69) is 36.8 Å². The Labute approximate surface area is 108 Å². The Balaban J connectivity index is 1.90. The normalized spacial score (nSPS) is 38.9. The molecule has 1 aliphatic heterocycles. The van der Waals surface area contributed by atoms with Gasteiger partial charge in [0, 0.05) is 19.1 Å². The molecule has 3 nitrogen and oxygen atoms in total. The van der Waals surface area contributed by atoms with Gasteiger partial charge in [0.25, 0.3) is 0 Å². The van der Waals surface area contributed by atoms with Crippen molar-refractivity contribution in [2.24, 2.45) is 5.92 Å². The predicted octanol–water partition coefficient (Wildman–Crippen LogP) is 1.61. The molecular formula is C9H15Br2NO2S. The third-order valence-electron chi connectivity index (χ3n) is 3.22. The van der Waals surface area contributed by atoms with E-state index in [1.54, 1.807) is 0 Å². The highest BCUT2D eigenvalue weighted by molar-refractivity contribution is 9.25. The molecule has 0 bridgehead atoms. The summed E-state index contributed by atoms with van der Waals surface area (Å²) in [5.41, 5.74) is 0. The topological polar surface area (TPSA) is 37.4 Å². The number of sulfone groups is 1. The molecule has 2 fully saturated rings. The predicted molar refractivity (Wildman–Crippen MR) is 68.4 cm³/mol. The fraction of sp³-hybridized carbons (Fsp3) is 1.00. The lowest BCUT2D eigenvalue weighted by Gasteiger charge is -2.33. The lowest BCUT2D eigenvalue weighted by atomic mass is 10.2. The Bertz CT molecular complexity index is 355. The first kappa shape index (κ1) is 12.3. The van der Waals surface area contributed by atoms with E-state index in [4.69, 9.17) is 0 Å². The van der Waals surface area contributed by atoms with Gasteiger partial charge in [0.05, 0.1) is 14.7 Å². The van der Waals surface area contributed by atoms with Crippen LogP contribution < -0.4 is 0 Å². The lowest BCUT2D eigenvalue weighted by molar-refractivity contribution is 0.217. The van der Waals surface area contributed by atoms with E-state index in [9.17, 15) is 8.42 Å². The van der Waals surface area contributed by atoms with Crippen LogP contribution in [0.1, 0.15) is 13.3 Å². The van der Waals surface area contributed by atoms with E-state index in [-0.39, 0.29) is 9.28 Å². The third-order valence-corrected chi connectivity index (χ3v) is 6.96. The van der Waals surface area contributed by atoms with Gasteiger partial charge in [-0.1, -0.05) is 31.9 Å². The van der Waals surface area contributed by atoms with Crippen molar-refractivity contribution in [1.29, 1.82) is 0 Å². The summed E-state index contributed by atoms with van der Waals surface area (Å²) in [5.74, 6) is 1.25. The van der Waals surface area contributed by atoms with Crippen molar-refractivity contribution < 1.29 is 8.42 Å². The number of hydrogen-bond acceptors (Lipinski definition) is 3. The highest BCUT2D eigenvalue weighted by Crippen LogP contribution is 2.56. The van der Waals surface area contributed by atoms with Gasteiger partial charge in [-0.15, -0.1) is 0 Å². The van der Waals surface area contributed by atoms with Gasteiger partial charge >= 0.3 is 0 Å². The van der Waals surface area contributed by atoms with Gasteiger partial charge in [-0.25, -0.2) is 8.42 Å². The Morgan fingerprint density at radius 2 is 2.07 bits per heavy atom. The number of hydrogen-bond donors (Lipinski definition) is 0. The summed E-state index contributed by atoms with van der Waals surface area (Å²) in [6, 6.07) is 0.167. The van der Waals surface area contributed by atoms with Crippen LogP contribution in [0.2, 0.25) is 0 Å². The molecule has 1 saturated heterocycles. The van der Waals surface area contributed by atoms with Gasteiger partial charge in [-0.2, -0.15) is 0 Å². The van der Waals surface area contributed by atoms with Gasteiger partial charge in [0.2, 0.25) is 0 Å². The minimum atomic E-state index is -2.77. The summed E-state index contributed by atoms with van der Waals surface area (Å²) in [5, 5.41) is 0. The van der Waals surface area contributed by atoms with Crippen LogP contribution in [-0.2, 0) is 9.84 Å². The molecule has 0 amide bonds. The molecular weight excluding hydrogens is 346 g/mol. The average molecular weight is 361 g/mol. The second-order valence-electron chi connectivity index (χ2n) is 4.62. The number of rotatable bonds is 2. The van der Waals surface area contributed by atoms with Gasteiger partial charge in [0.15, 0.2) is 9.84 Å². The van der Waals surface area contributed by atoms with Crippen molar-refractivity contribution in [1.82, 2.24) is 4.90 Å². The van der Waals surface area contributed by atoms with Crippen molar-refractivity contribution in [3.8, 4) is 0 Å². The maximum atomic E-state index is 11.4. The standard InChI is InChI=1S/C9H15Br2NO2S/c1-7-6-15(13,14)3-2-12(7)5-8-4-9(8,10)11/h7-8H,2-6H2,1H3/t7-,8?/m0/s1. The number of nitrogens with zero attached hydrogens (tertiary/aromatic N) is 1. The van der Waals surface area contributed by atoms with E-state index in [1.807, 2.05) is 6.92 Å². The average Bonchev–Trinajstić information content (AvgIpc) is 2.64. The molecule has 0 aromatic carbocycles. The SMILES string of the molecule is C[C@H]1CS(=O)(=O)CCN1CC1CC1(Br)Br. The highest BCUT2D eigenvalue weighted by Gasteiger charge is 2.51. The van der Waals surface area contributed by atoms with Gasteiger partial charge in [-0.05, 0) is 19.3 Å². The monoisotopic (exact) mass is 359 g/mol. The number of alkyl halides is 2. The molecule has 15 heavy (non-hydrogen) atoms. The van der Waals surface area contributed by atoms with Crippen LogP contribution >= 0.6 is 31.9 Å². The van der Waals surface area contributed by atoms with Gasteiger partial charge in [0.1, 0.15) is 0 Å². The van der Waals surface area contributed by atoms with Crippen LogP contribution in [0.25, 0.3) is 0 Å². The first-order valence-electron chi connectivity index (χ1n) is 5.12. The van der Waals surface area contributed by atoms with E-state index < -0.39 is 9.84 Å². The molecule has 1 saturated carbocycles.